The fraction of sp³-hybridized carbons (Fsp3) is 0.160. The molecule has 1 amide bonds. The number of nitrogens with zero attached hydrogens (tertiary/aromatic N) is 3. The van der Waals surface area contributed by atoms with Gasteiger partial charge in [-0.25, -0.2) is 8.42 Å². The predicted octanol–water partition coefficient (Wildman–Crippen LogP) is 4.13. The molecule has 0 aliphatic rings. The summed E-state index contributed by atoms with van der Waals surface area (Å²) in [5.74, 6) is 0.248. The zero-order chi connectivity index (χ0) is 25.0. The number of aryl methyl sites for hydroxylation is 1. The van der Waals surface area contributed by atoms with Crippen LogP contribution in [0.5, 0.6) is 5.75 Å². The zero-order valence-electron chi connectivity index (χ0n) is 19.4. The number of benzene rings is 3. The number of amides is 1. The van der Waals surface area contributed by atoms with E-state index in [0.717, 1.165) is 11.1 Å². The molecule has 0 aliphatic heterocycles. The third-order valence-electron chi connectivity index (χ3n) is 5.31. The Bertz CT molecular complexity index is 1430. The van der Waals surface area contributed by atoms with Gasteiger partial charge in [-0.2, -0.15) is 4.31 Å². The van der Waals surface area contributed by atoms with Crippen molar-refractivity contribution >= 4 is 21.9 Å². The maximum Gasteiger partial charge on any atom is 0.322 e. The summed E-state index contributed by atoms with van der Waals surface area (Å²) in [7, 11) is -0.671. The highest BCUT2D eigenvalue weighted by atomic mass is 32.2. The fourth-order valence-corrected chi connectivity index (χ4v) is 4.57. The lowest BCUT2D eigenvalue weighted by Gasteiger charge is -2.17. The lowest BCUT2D eigenvalue weighted by molar-refractivity contribution is 0.102. The minimum Gasteiger partial charge on any atom is -0.496 e. The number of hydrogen-bond donors (Lipinski definition) is 1. The van der Waals surface area contributed by atoms with Crippen molar-refractivity contribution in [1.29, 1.82) is 0 Å². The second-order valence-electron chi connectivity index (χ2n) is 7.84. The van der Waals surface area contributed by atoms with E-state index < -0.39 is 15.9 Å². The highest BCUT2D eigenvalue weighted by Crippen LogP contribution is 2.30. The number of aromatic nitrogens is 2. The molecular weight excluding hydrogens is 468 g/mol. The molecule has 0 saturated heterocycles. The largest absolute Gasteiger partial charge is 0.496 e. The van der Waals surface area contributed by atoms with E-state index in [-0.39, 0.29) is 28.9 Å². The van der Waals surface area contributed by atoms with Gasteiger partial charge in [-0.15, -0.1) is 5.10 Å². The summed E-state index contributed by atoms with van der Waals surface area (Å²) in [4.78, 5) is 12.7. The standard InChI is InChI=1S/C25H24N4O5S/c1-17-9-14-21(22(15-17)33-3)24-27-28-25(34-24)26-23(30)19-10-12-20(13-11-19)35(31,32)29(2)16-18-7-5-4-6-8-18/h4-15H,16H2,1-3H3,(H,26,28,30). The van der Waals surface area contributed by atoms with Gasteiger partial charge in [0.25, 0.3) is 11.8 Å². The van der Waals surface area contributed by atoms with Crippen LogP contribution in [0.15, 0.2) is 82.1 Å². The first-order valence-electron chi connectivity index (χ1n) is 10.7. The number of methoxy groups -OCH3 is 1. The number of hydrogen-bond acceptors (Lipinski definition) is 7. The Kier molecular flexibility index (Phi) is 6.94. The van der Waals surface area contributed by atoms with Gasteiger partial charge in [-0.05, 0) is 54.4 Å². The van der Waals surface area contributed by atoms with E-state index in [1.54, 1.807) is 13.2 Å². The smallest absolute Gasteiger partial charge is 0.322 e. The SMILES string of the molecule is COc1cc(C)ccc1-c1nnc(NC(=O)c2ccc(S(=O)(=O)N(C)Cc3ccccc3)cc2)o1. The minimum absolute atomic E-state index is 0.0824. The summed E-state index contributed by atoms with van der Waals surface area (Å²) in [6, 6.07) is 20.4. The average Bonchev–Trinajstić information content (AvgIpc) is 3.32. The number of nitrogens with one attached hydrogen (secondary N) is 1. The average molecular weight is 493 g/mol. The molecule has 1 N–H and O–H groups in total. The monoisotopic (exact) mass is 492 g/mol. The number of carbonyl (C=O) groups is 1. The van der Waals surface area contributed by atoms with E-state index >= 15 is 0 Å². The Hall–Kier alpha value is -4.02. The molecule has 0 saturated carbocycles. The van der Waals surface area contributed by atoms with Crippen LogP contribution in [0.2, 0.25) is 0 Å². The van der Waals surface area contributed by atoms with E-state index in [2.05, 4.69) is 15.5 Å². The van der Waals surface area contributed by atoms with E-state index in [1.807, 2.05) is 49.4 Å². The van der Waals surface area contributed by atoms with Crippen LogP contribution in [-0.4, -0.2) is 43.0 Å². The van der Waals surface area contributed by atoms with Crippen LogP contribution < -0.4 is 10.1 Å². The Balaban J connectivity index is 1.45. The second kappa shape index (κ2) is 10.1. The molecule has 9 nitrogen and oxygen atoms in total. The van der Waals surface area contributed by atoms with Crippen molar-refractivity contribution in [3.63, 3.8) is 0 Å². The van der Waals surface area contributed by atoms with E-state index in [4.69, 9.17) is 9.15 Å². The molecular formula is C25H24N4O5S. The molecule has 35 heavy (non-hydrogen) atoms. The first-order chi connectivity index (χ1) is 16.8. The molecule has 0 unspecified atom stereocenters. The quantitative estimate of drug-likeness (QED) is 0.393. The molecule has 1 aromatic heterocycles. The summed E-state index contributed by atoms with van der Waals surface area (Å²) < 4.78 is 38.0. The minimum atomic E-state index is -3.73. The van der Waals surface area contributed by atoms with Crippen molar-refractivity contribution in [3.8, 4) is 17.2 Å². The van der Waals surface area contributed by atoms with Gasteiger partial charge in [0.05, 0.1) is 17.6 Å². The Morgan fingerprint density at radius 3 is 2.43 bits per heavy atom. The molecule has 4 rings (SSSR count). The number of ether oxygens (including phenoxy) is 1. The molecule has 1 heterocycles. The highest BCUT2D eigenvalue weighted by molar-refractivity contribution is 7.89. The molecule has 0 radical (unpaired) electrons. The summed E-state index contributed by atoms with van der Waals surface area (Å²) in [5, 5.41) is 10.4. The molecule has 180 valence electrons. The first kappa shape index (κ1) is 24.1. The van der Waals surface area contributed by atoms with Crippen molar-refractivity contribution in [2.24, 2.45) is 0 Å². The number of anilines is 1. The summed E-state index contributed by atoms with van der Waals surface area (Å²) in [5.41, 5.74) is 2.72. The highest BCUT2D eigenvalue weighted by Gasteiger charge is 2.22. The van der Waals surface area contributed by atoms with Gasteiger partial charge in [0.1, 0.15) is 5.75 Å². The molecule has 10 heteroatoms. The second-order valence-corrected chi connectivity index (χ2v) is 9.89. The Labute approximate surface area is 203 Å². The summed E-state index contributed by atoms with van der Waals surface area (Å²) in [6.45, 7) is 2.17. The van der Waals surface area contributed by atoms with Gasteiger partial charge < -0.3 is 9.15 Å². The van der Waals surface area contributed by atoms with Gasteiger partial charge in [-0.1, -0.05) is 41.5 Å². The fourth-order valence-electron chi connectivity index (χ4n) is 3.41. The zero-order valence-corrected chi connectivity index (χ0v) is 20.2. The van der Waals surface area contributed by atoms with Crippen molar-refractivity contribution in [1.82, 2.24) is 14.5 Å². The Morgan fingerprint density at radius 2 is 1.74 bits per heavy atom. The van der Waals surface area contributed by atoms with Crippen LogP contribution in [0, 0.1) is 6.92 Å². The van der Waals surface area contributed by atoms with Gasteiger partial charge in [0.15, 0.2) is 0 Å². The molecule has 3 aromatic carbocycles. The lowest BCUT2D eigenvalue weighted by Crippen LogP contribution is -2.26. The predicted molar refractivity (Wildman–Crippen MR) is 131 cm³/mol. The van der Waals surface area contributed by atoms with Gasteiger partial charge in [-0.3, -0.25) is 10.1 Å². The van der Waals surface area contributed by atoms with Crippen LogP contribution in [-0.2, 0) is 16.6 Å². The van der Waals surface area contributed by atoms with E-state index in [0.29, 0.717) is 11.3 Å². The summed E-state index contributed by atoms with van der Waals surface area (Å²) >= 11 is 0. The lowest BCUT2D eigenvalue weighted by atomic mass is 10.1. The third kappa shape index (κ3) is 5.39. The van der Waals surface area contributed by atoms with E-state index in [1.165, 1.54) is 35.6 Å². The number of rotatable bonds is 8. The topological polar surface area (TPSA) is 115 Å². The number of carbonyl (C=O) groups excluding carboxylic acids is 1. The molecule has 0 atom stereocenters. The molecule has 0 bridgehead atoms. The van der Waals surface area contributed by atoms with Crippen molar-refractivity contribution in [2.75, 3.05) is 19.5 Å². The van der Waals surface area contributed by atoms with Crippen molar-refractivity contribution in [2.45, 2.75) is 18.4 Å². The van der Waals surface area contributed by atoms with E-state index in [9.17, 15) is 13.2 Å². The molecule has 0 fully saturated rings. The molecule has 4 aromatic rings. The van der Waals surface area contributed by atoms with Crippen LogP contribution >= 0.6 is 0 Å². The maximum absolute atomic E-state index is 12.9. The first-order valence-corrected chi connectivity index (χ1v) is 12.1. The van der Waals surface area contributed by atoms with Gasteiger partial charge in [0, 0.05) is 19.2 Å². The third-order valence-corrected chi connectivity index (χ3v) is 7.12. The normalized spacial score (nSPS) is 11.4. The van der Waals surface area contributed by atoms with Crippen molar-refractivity contribution in [3.05, 3.63) is 89.5 Å². The molecule has 0 spiro atoms. The van der Waals surface area contributed by atoms with Gasteiger partial charge in [0.2, 0.25) is 10.0 Å². The van der Waals surface area contributed by atoms with Crippen LogP contribution in [0.3, 0.4) is 0 Å². The summed E-state index contributed by atoms with van der Waals surface area (Å²) in [6.07, 6.45) is 0. The Morgan fingerprint density at radius 1 is 1.03 bits per heavy atom. The van der Waals surface area contributed by atoms with Crippen LogP contribution in [0.25, 0.3) is 11.5 Å². The number of sulfonamides is 1. The van der Waals surface area contributed by atoms with Crippen LogP contribution in [0.4, 0.5) is 6.01 Å². The maximum atomic E-state index is 12.9. The van der Waals surface area contributed by atoms with Crippen LogP contribution in [0.1, 0.15) is 21.5 Å². The molecule has 0 aliphatic carbocycles. The van der Waals surface area contributed by atoms with Gasteiger partial charge >= 0.3 is 6.01 Å². The van der Waals surface area contributed by atoms with Crippen molar-refractivity contribution < 1.29 is 22.4 Å².